The molecule has 0 atom stereocenters. The van der Waals surface area contributed by atoms with Crippen molar-refractivity contribution in [2.45, 2.75) is 26.4 Å². The fourth-order valence-electron chi connectivity index (χ4n) is 4.42. The number of urea groups is 1. The van der Waals surface area contributed by atoms with E-state index < -0.39 is 23.4 Å². The molecule has 0 radical (unpaired) electrons. The predicted molar refractivity (Wildman–Crippen MR) is 150 cm³/mol. The van der Waals surface area contributed by atoms with Crippen molar-refractivity contribution in [2.75, 3.05) is 42.9 Å². The van der Waals surface area contributed by atoms with E-state index >= 15 is 0 Å². The zero-order chi connectivity index (χ0) is 28.6. The quantitative estimate of drug-likeness (QED) is 0.434. The lowest BCUT2D eigenvalue weighted by Crippen LogP contribution is -2.52. The minimum atomic E-state index is -0.471. The van der Waals surface area contributed by atoms with E-state index in [1.165, 1.54) is 41.3 Å². The average molecular weight is 550 g/mol. The summed E-state index contributed by atoms with van der Waals surface area (Å²) in [6.45, 7) is 6.30. The molecule has 210 valence electrons. The Kier molecular flexibility index (Phi) is 9.31. The van der Waals surface area contributed by atoms with Gasteiger partial charge in [-0.25, -0.2) is 13.6 Å². The van der Waals surface area contributed by atoms with E-state index in [4.69, 9.17) is 0 Å². The number of carbonyl (C=O) groups is 3. The van der Waals surface area contributed by atoms with Gasteiger partial charge in [-0.3, -0.25) is 9.59 Å². The molecular formula is C30H33F2N5O3. The summed E-state index contributed by atoms with van der Waals surface area (Å²) >= 11 is 0. The number of hydrogen-bond acceptors (Lipinski definition) is 4. The minimum absolute atomic E-state index is 0.0564. The molecule has 40 heavy (non-hydrogen) atoms. The van der Waals surface area contributed by atoms with Crippen LogP contribution in [0.25, 0.3) is 0 Å². The normalized spacial score (nSPS) is 13.2. The zero-order valence-corrected chi connectivity index (χ0v) is 22.6. The van der Waals surface area contributed by atoms with Crippen molar-refractivity contribution in [3.05, 3.63) is 95.6 Å². The second-order valence-corrected chi connectivity index (χ2v) is 9.97. The van der Waals surface area contributed by atoms with Crippen molar-refractivity contribution in [3.8, 4) is 0 Å². The van der Waals surface area contributed by atoms with Crippen molar-refractivity contribution >= 4 is 29.2 Å². The third-order valence-corrected chi connectivity index (χ3v) is 6.49. The van der Waals surface area contributed by atoms with E-state index in [9.17, 15) is 23.2 Å². The van der Waals surface area contributed by atoms with Gasteiger partial charge in [0.15, 0.2) is 0 Å². The van der Waals surface area contributed by atoms with Crippen molar-refractivity contribution in [1.82, 2.24) is 15.1 Å². The fourth-order valence-corrected chi connectivity index (χ4v) is 4.42. The highest BCUT2D eigenvalue weighted by Crippen LogP contribution is 2.20. The topological polar surface area (TPSA) is 85.0 Å². The summed E-state index contributed by atoms with van der Waals surface area (Å²) in [6.07, 6.45) is 0. The Morgan fingerprint density at radius 3 is 1.98 bits per heavy atom. The van der Waals surface area contributed by atoms with Crippen LogP contribution < -0.4 is 15.5 Å². The summed E-state index contributed by atoms with van der Waals surface area (Å²) in [7, 11) is 0. The van der Waals surface area contributed by atoms with E-state index in [1.807, 2.05) is 26.0 Å². The van der Waals surface area contributed by atoms with Crippen LogP contribution in [0, 0.1) is 11.6 Å². The molecule has 1 heterocycles. The number of amides is 4. The molecule has 1 saturated heterocycles. The van der Waals surface area contributed by atoms with E-state index in [0.29, 0.717) is 37.4 Å². The number of nitrogens with zero attached hydrogens (tertiary/aromatic N) is 3. The molecule has 0 saturated carbocycles. The fraction of sp³-hybridized carbons (Fsp3) is 0.300. The van der Waals surface area contributed by atoms with Crippen LogP contribution in [0.15, 0.2) is 72.8 Å². The Balaban J connectivity index is 1.37. The number of halogens is 2. The monoisotopic (exact) mass is 549 g/mol. The Labute approximate surface area is 232 Å². The largest absolute Gasteiger partial charge is 0.368 e. The van der Waals surface area contributed by atoms with Crippen molar-refractivity contribution in [3.63, 3.8) is 0 Å². The highest BCUT2D eigenvalue weighted by molar-refractivity contribution is 5.99. The highest BCUT2D eigenvalue weighted by Gasteiger charge is 2.22. The Morgan fingerprint density at radius 2 is 1.40 bits per heavy atom. The number of benzene rings is 3. The lowest BCUT2D eigenvalue weighted by Gasteiger charge is -2.36. The Hall–Kier alpha value is -4.47. The maximum absolute atomic E-state index is 13.4. The molecule has 0 spiro atoms. The zero-order valence-electron chi connectivity index (χ0n) is 22.6. The minimum Gasteiger partial charge on any atom is -0.368 e. The molecule has 0 aliphatic carbocycles. The van der Waals surface area contributed by atoms with Gasteiger partial charge in [-0.15, -0.1) is 0 Å². The molecule has 1 aliphatic rings. The standard InChI is InChI=1S/C30H33F2N5O3/c1-21(2)33-30(40)36-17-15-35(16-18-36)27-13-11-26(12-14-27)34-28(38)20-37(19-22-3-7-24(31)8-4-22)29(39)23-5-9-25(32)10-6-23/h3-14,21H,15-20H2,1-2H3,(H,33,40)(H,34,38). The summed E-state index contributed by atoms with van der Waals surface area (Å²) in [5.74, 6) is -1.73. The Bertz CT molecular complexity index is 1310. The van der Waals surface area contributed by atoms with Gasteiger partial charge in [0, 0.05) is 55.7 Å². The van der Waals surface area contributed by atoms with E-state index in [1.54, 1.807) is 29.2 Å². The van der Waals surface area contributed by atoms with Gasteiger partial charge < -0.3 is 25.3 Å². The molecule has 2 N–H and O–H groups in total. The number of hydrogen-bond donors (Lipinski definition) is 2. The number of nitrogens with one attached hydrogen (secondary N) is 2. The average Bonchev–Trinajstić information content (AvgIpc) is 2.94. The number of anilines is 2. The molecule has 4 rings (SSSR count). The first-order valence-corrected chi connectivity index (χ1v) is 13.2. The highest BCUT2D eigenvalue weighted by atomic mass is 19.1. The molecule has 1 fully saturated rings. The van der Waals surface area contributed by atoms with Crippen LogP contribution in [-0.2, 0) is 11.3 Å². The first-order chi connectivity index (χ1) is 19.2. The predicted octanol–water partition coefficient (Wildman–Crippen LogP) is 4.49. The van der Waals surface area contributed by atoms with Gasteiger partial charge in [-0.05, 0) is 80.1 Å². The summed E-state index contributed by atoms with van der Waals surface area (Å²) < 4.78 is 26.8. The van der Waals surface area contributed by atoms with Gasteiger partial charge in [0.2, 0.25) is 5.91 Å². The van der Waals surface area contributed by atoms with Gasteiger partial charge in [0.05, 0.1) is 0 Å². The lowest BCUT2D eigenvalue weighted by atomic mass is 10.1. The van der Waals surface area contributed by atoms with E-state index in [0.717, 1.165) is 5.69 Å². The van der Waals surface area contributed by atoms with Gasteiger partial charge >= 0.3 is 6.03 Å². The first-order valence-electron chi connectivity index (χ1n) is 13.2. The van der Waals surface area contributed by atoms with Gasteiger partial charge in [-0.1, -0.05) is 12.1 Å². The maximum atomic E-state index is 13.4. The molecule has 3 aromatic carbocycles. The molecular weight excluding hydrogens is 516 g/mol. The van der Waals surface area contributed by atoms with Crippen LogP contribution in [-0.4, -0.2) is 66.4 Å². The van der Waals surface area contributed by atoms with Gasteiger partial charge in [0.1, 0.15) is 18.2 Å². The van der Waals surface area contributed by atoms with Crippen LogP contribution in [0.1, 0.15) is 29.8 Å². The summed E-state index contributed by atoms with van der Waals surface area (Å²) in [5.41, 5.74) is 2.43. The van der Waals surface area contributed by atoms with Crippen LogP contribution >= 0.6 is 0 Å². The molecule has 4 amide bonds. The molecule has 8 nitrogen and oxygen atoms in total. The van der Waals surface area contributed by atoms with Crippen LogP contribution in [0.2, 0.25) is 0 Å². The molecule has 0 unspecified atom stereocenters. The van der Waals surface area contributed by atoms with Crippen LogP contribution in [0.5, 0.6) is 0 Å². The molecule has 3 aromatic rings. The molecule has 0 bridgehead atoms. The first kappa shape index (κ1) is 28.5. The lowest BCUT2D eigenvalue weighted by molar-refractivity contribution is -0.117. The second kappa shape index (κ2) is 13.1. The van der Waals surface area contributed by atoms with E-state index in [2.05, 4.69) is 15.5 Å². The molecule has 1 aliphatic heterocycles. The second-order valence-electron chi connectivity index (χ2n) is 9.97. The third-order valence-electron chi connectivity index (χ3n) is 6.49. The summed E-state index contributed by atoms with van der Waals surface area (Å²) in [6, 6.07) is 18.2. The van der Waals surface area contributed by atoms with Crippen molar-refractivity contribution in [2.24, 2.45) is 0 Å². The SMILES string of the molecule is CC(C)NC(=O)N1CCN(c2ccc(NC(=O)CN(Cc3ccc(F)cc3)C(=O)c3ccc(F)cc3)cc2)CC1. The van der Waals surface area contributed by atoms with Gasteiger partial charge in [0.25, 0.3) is 5.91 Å². The number of rotatable bonds is 8. The van der Waals surface area contributed by atoms with Crippen LogP contribution in [0.3, 0.4) is 0 Å². The van der Waals surface area contributed by atoms with Crippen molar-refractivity contribution in [1.29, 1.82) is 0 Å². The van der Waals surface area contributed by atoms with Crippen molar-refractivity contribution < 1.29 is 23.2 Å². The molecule has 10 heteroatoms. The Morgan fingerprint density at radius 1 is 0.825 bits per heavy atom. The van der Waals surface area contributed by atoms with E-state index in [-0.39, 0.29) is 30.7 Å². The smallest absolute Gasteiger partial charge is 0.317 e. The third kappa shape index (κ3) is 7.78. The summed E-state index contributed by atoms with van der Waals surface area (Å²) in [4.78, 5) is 43.6. The van der Waals surface area contributed by atoms with Crippen LogP contribution in [0.4, 0.5) is 25.0 Å². The molecule has 0 aromatic heterocycles. The number of piperazine rings is 1. The van der Waals surface area contributed by atoms with Gasteiger partial charge in [-0.2, -0.15) is 0 Å². The summed E-state index contributed by atoms with van der Waals surface area (Å²) in [5, 5.41) is 5.73. The maximum Gasteiger partial charge on any atom is 0.317 e. The number of carbonyl (C=O) groups excluding carboxylic acids is 3.